The number of carbonyl (C=O) groups excluding carboxylic acids is 1. The molecule has 5 nitrogen and oxygen atoms in total. The Balaban J connectivity index is 2.87. The van der Waals surface area contributed by atoms with Crippen LogP contribution >= 0.6 is 0 Å². The molecule has 0 saturated carbocycles. The molecule has 1 unspecified atom stereocenters. The summed E-state index contributed by atoms with van der Waals surface area (Å²) in [5.74, 6) is -0.694. The number of nitrogens with zero attached hydrogens (tertiary/aromatic N) is 1. The molecule has 112 valence electrons. The number of aromatic nitrogens is 1. The minimum Gasteiger partial charge on any atom is -0.384 e. The first-order chi connectivity index (χ1) is 9.09. The molecule has 0 aliphatic carbocycles. The van der Waals surface area contributed by atoms with Crippen LogP contribution in [0.25, 0.3) is 0 Å². The molecule has 8 heteroatoms. The number of rotatable bonds is 4. The van der Waals surface area contributed by atoms with Crippen molar-refractivity contribution in [2.75, 3.05) is 11.1 Å². The first-order valence-corrected chi connectivity index (χ1v) is 6.01. The lowest BCUT2D eigenvalue weighted by atomic mass is 10.2. The third-order valence-electron chi connectivity index (χ3n) is 2.36. The number of hydrogen-bond acceptors (Lipinski definition) is 4. The minimum atomic E-state index is -4.52. The number of hydrogen-bond donors (Lipinski definition) is 3. The van der Waals surface area contributed by atoms with E-state index in [1.54, 1.807) is 13.8 Å². The monoisotopic (exact) mass is 290 g/mol. The second-order valence-corrected chi connectivity index (χ2v) is 4.69. The second-order valence-electron chi connectivity index (χ2n) is 4.69. The average Bonchev–Trinajstić information content (AvgIpc) is 2.25. The third-order valence-corrected chi connectivity index (χ3v) is 2.36. The van der Waals surface area contributed by atoms with Crippen LogP contribution in [0.1, 0.15) is 26.3 Å². The molecule has 4 N–H and O–H groups in total. The van der Waals surface area contributed by atoms with Crippen LogP contribution in [0.4, 0.5) is 24.8 Å². The molecule has 0 bridgehead atoms. The van der Waals surface area contributed by atoms with Gasteiger partial charge in [-0.3, -0.25) is 4.79 Å². The summed E-state index contributed by atoms with van der Waals surface area (Å²) >= 11 is 0. The number of nitrogens with one attached hydrogen (secondary N) is 2. The van der Waals surface area contributed by atoms with E-state index in [0.717, 1.165) is 12.1 Å². The molecule has 0 aliphatic rings. The van der Waals surface area contributed by atoms with Gasteiger partial charge < -0.3 is 16.4 Å². The number of pyridine rings is 1. The van der Waals surface area contributed by atoms with Gasteiger partial charge in [-0.15, -0.1) is 0 Å². The summed E-state index contributed by atoms with van der Waals surface area (Å²) in [5, 5.41) is 5.24. The van der Waals surface area contributed by atoms with Crippen LogP contribution in [0.3, 0.4) is 0 Å². The van der Waals surface area contributed by atoms with Crippen LogP contribution in [-0.2, 0) is 11.0 Å². The van der Waals surface area contributed by atoms with Crippen LogP contribution < -0.4 is 16.4 Å². The molecule has 1 heterocycles. The Kier molecular flexibility index (Phi) is 4.80. The fourth-order valence-electron chi connectivity index (χ4n) is 1.49. The SMILES string of the molecule is CC(C)NC(=O)C(C)Nc1cc(C(F)(F)F)cc(N)n1. The Morgan fingerprint density at radius 1 is 1.30 bits per heavy atom. The molecule has 0 fully saturated rings. The van der Waals surface area contributed by atoms with E-state index < -0.39 is 17.8 Å². The highest BCUT2D eigenvalue weighted by molar-refractivity contribution is 5.84. The number of alkyl halides is 3. The number of carbonyl (C=O) groups is 1. The van der Waals surface area contributed by atoms with Crippen LogP contribution in [0, 0.1) is 0 Å². The van der Waals surface area contributed by atoms with Gasteiger partial charge >= 0.3 is 6.18 Å². The molecule has 1 atom stereocenters. The summed E-state index contributed by atoms with van der Waals surface area (Å²) < 4.78 is 37.9. The fourth-order valence-corrected chi connectivity index (χ4v) is 1.49. The Morgan fingerprint density at radius 3 is 2.40 bits per heavy atom. The number of halogens is 3. The maximum absolute atomic E-state index is 12.6. The Hall–Kier alpha value is -1.99. The van der Waals surface area contributed by atoms with Gasteiger partial charge in [0.25, 0.3) is 0 Å². The lowest BCUT2D eigenvalue weighted by Crippen LogP contribution is -2.41. The smallest absolute Gasteiger partial charge is 0.384 e. The predicted molar refractivity (Wildman–Crippen MR) is 70.0 cm³/mol. The van der Waals surface area contributed by atoms with Gasteiger partial charge in [0.05, 0.1) is 5.56 Å². The Morgan fingerprint density at radius 2 is 1.90 bits per heavy atom. The van der Waals surface area contributed by atoms with Crippen LogP contribution in [0.15, 0.2) is 12.1 Å². The lowest BCUT2D eigenvalue weighted by molar-refractivity contribution is -0.137. The van der Waals surface area contributed by atoms with Crippen LogP contribution in [-0.4, -0.2) is 23.0 Å². The Labute approximate surface area is 114 Å². The zero-order chi connectivity index (χ0) is 15.5. The molecule has 1 amide bonds. The van der Waals surface area contributed by atoms with Gasteiger partial charge in [0.15, 0.2) is 0 Å². The van der Waals surface area contributed by atoms with Crippen molar-refractivity contribution in [3.05, 3.63) is 17.7 Å². The van der Waals surface area contributed by atoms with Crippen molar-refractivity contribution in [3.8, 4) is 0 Å². The quantitative estimate of drug-likeness (QED) is 0.792. The van der Waals surface area contributed by atoms with Crippen molar-refractivity contribution in [3.63, 3.8) is 0 Å². The molecule has 1 aromatic heterocycles. The van der Waals surface area contributed by atoms with Gasteiger partial charge in [0.2, 0.25) is 5.91 Å². The van der Waals surface area contributed by atoms with Crippen molar-refractivity contribution in [1.82, 2.24) is 10.3 Å². The van der Waals surface area contributed by atoms with Crippen LogP contribution in [0.5, 0.6) is 0 Å². The summed E-state index contributed by atoms with van der Waals surface area (Å²) in [7, 11) is 0. The summed E-state index contributed by atoms with van der Waals surface area (Å²) in [4.78, 5) is 15.4. The highest BCUT2D eigenvalue weighted by Crippen LogP contribution is 2.31. The second kappa shape index (κ2) is 5.98. The standard InChI is InChI=1S/C12H17F3N4O/c1-6(2)17-11(20)7(3)18-10-5-8(12(13,14)15)4-9(16)19-10/h4-7H,1-3H3,(H,17,20)(H3,16,18,19). The average molecular weight is 290 g/mol. The molecule has 1 aromatic rings. The van der Waals surface area contributed by atoms with Crippen LogP contribution in [0.2, 0.25) is 0 Å². The normalized spacial score (nSPS) is 13.2. The van der Waals surface area contributed by atoms with Gasteiger partial charge in [-0.25, -0.2) is 4.98 Å². The van der Waals surface area contributed by atoms with E-state index in [1.807, 2.05) is 0 Å². The molecule has 0 spiro atoms. The van der Waals surface area contributed by atoms with Gasteiger partial charge in [-0.05, 0) is 32.9 Å². The van der Waals surface area contributed by atoms with Crippen molar-refractivity contribution >= 4 is 17.5 Å². The number of anilines is 2. The molecule has 0 aromatic carbocycles. The maximum Gasteiger partial charge on any atom is 0.416 e. The summed E-state index contributed by atoms with van der Waals surface area (Å²) in [6.07, 6.45) is -4.52. The maximum atomic E-state index is 12.6. The molecule has 0 saturated heterocycles. The fraction of sp³-hybridized carbons (Fsp3) is 0.500. The lowest BCUT2D eigenvalue weighted by Gasteiger charge is -2.17. The van der Waals surface area contributed by atoms with E-state index in [4.69, 9.17) is 5.73 Å². The topological polar surface area (TPSA) is 80.0 Å². The summed E-state index contributed by atoms with van der Waals surface area (Å²) in [5.41, 5.74) is 4.42. The molecule has 0 aliphatic heterocycles. The molecular formula is C12H17F3N4O. The van der Waals surface area contributed by atoms with E-state index in [9.17, 15) is 18.0 Å². The van der Waals surface area contributed by atoms with Gasteiger partial charge in [-0.1, -0.05) is 0 Å². The first-order valence-electron chi connectivity index (χ1n) is 6.01. The van der Waals surface area contributed by atoms with E-state index >= 15 is 0 Å². The zero-order valence-electron chi connectivity index (χ0n) is 11.4. The highest BCUT2D eigenvalue weighted by atomic mass is 19.4. The largest absolute Gasteiger partial charge is 0.416 e. The van der Waals surface area contributed by atoms with E-state index in [2.05, 4.69) is 15.6 Å². The molecule has 0 radical (unpaired) electrons. The molecule has 1 rings (SSSR count). The van der Waals surface area contributed by atoms with Crippen molar-refractivity contribution < 1.29 is 18.0 Å². The third kappa shape index (κ3) is 4.60. The van der Waals surface area contributed by atoms with E-state index in [1.165, 1.54) is 6.92 Å². The molecular weight excluding hydrogens is 273 g/mol. The van der Waals surface area contributed by atoms with Crippen molar-refractivity contribution in [2.45, 2.75) is 39.0 Å². The first kappa shape index (κ1) is 16.1. The Bertz CT molecular complexity index is 488. The summed E-state index contributed by atoms with van der Waals surface area (Å²) in [6.45, 7) is 5.09. The minimum absolute atomic E-state index is 0.0636. The molecule has 20 heavy (non-hydrogen) atoms. The van der Waals surface area contributed by atoms with Gasteiger partial charge in [0, 0.05) is 6.04 Å². The van der Waals surface area contributed by atoms with E-state index in [-0.39, 0.29) is 23.6 Å². The zero-order valence-corrected chi connectivity index (χ0v) is 11.4. The number of nitrogen functional groups attached to an aromatic ring is 1. The summed E-state index contributed by atoms with van der Waals surface area (Å²) in [6, 6.07) is 0.763. The van der Waals surface area contributed by atoms with Gasteiger partial charge in [0.1, 0.15) is 17.7 Å². The number of amides is 1. The van der Waals surface area contributed by atoms with Crippen molar-refractivity contribution in [1.29, 1.82) is 0 Å². The predicted octanol–water partition coefficient (Wildman–Crippen LogP) is 2.01. The number of nitrogens with two attached hydrogens (primary N) is 1. The van der Waals surface area contributed by atoms with E-state index in [0.29, 0.717) is 0 Å². The highest BCUT2D eigenvalue weighted by Gasteiger charge is 2.31. The van der Waals surface area contributed by atoms with Crippen molar-refractivity contribution in [2.24, 2.45) is 0 Å². The van der Waals surface area contributed by atoms with Gasteiger partial charge in [-0.2, -0.15) is 13.2 Å².